The number of aromatic nitrogens is 4. The molecule has 5 heteroatoms. The number of benzene rings is 7. The van der Waals surface area contributed by atoms with Crippen LogP contribution in [0.3, 0.4) is 0 Å². The second kappa shape index (κ2) is 13.2. The van der Waals surface area contributed by atoms with E-state index in [1.165, 1.54) is 47.8 Å². The minimum absolute atomic E-state index is 0.128. The molecule has 0 radical (unpaired) electrons. The van der Waals surface area contributed by atoms with Gasteiger partial charge in [-0.2, -0.15) is 0 Å². The van der Waals surface area contributed by atoms with Gasteiger partial charge >= 0.3 is 0 Å². The Labute approximate surface area is 361 Å². The molecule has 0 atom stereocenters. The van der Waals surface area contributed by atoms with E-state index in [1.807, 2.05) is 35.7 Å². The molecule has 0 N–H and O–H groups in total. The van der Waals surface area contributed by atoms with Crippen molar-refractivity contribution in [2.45, 2.75) is 19.3 Å². The molecule has 62 heavy (non-hydrogen) atoms. The summed E-state index contributed by atoms with van der Waals surface area (Å²) in [6.45, 7) is 4.69. The summed E-state index contributed by atoms with van der Waals surface area (Å²) in [5.74, 6) is 0. The molecule has 1 aliphatic carbocycles. The van der Waals surface area contributed by atoms with Gasteiger partial charge < -0.3 is 0 Å². The van der Waals surface area contributed by atoms with Crippen molar-refractivity contribution in [3.63, 3.8) is 0 Å². The van der Waals surface area contributed by atoms with Crippen LogP contribution in [0.25, 0.3) is 120 Å². The summed E-state index contributed by atoms with van der Waals surface area (Å²) in [5, 5.41) is 8.14. The fourth-order valence-electron chi connectivity index (χ4n) is 9.99. The van der Waals surface area contributed by atoms with Gasteiger partial charge in [0.05, 0.1) is 39.3 Å². The monoisotopic (exact) mass is 808 g/mol. The fraction of sp³-hybridized carbons (Fsp3) is 0.0526. The lowest BCUT2D eigenvalue weighted by Gasteiger charge is -2.22. The summed E-state index contributed by atoms with van der Waals surface area (Å²) >= 11 is 1.84. The number of hydrogen-bond acceptors (Lipinski definition) is 5. The molecule has 0 amide bonds. The molecule has 0 fully saturated rings. The highest BCUT2D eigenvalue weighted by Crippen LogP contribution is 2.51. The minimum atomic E-state index is -0.128. The van der Waals surface area contributed by atoms with E-state index in [0.29, 0.717) is 0 Å². The number of para-hydroxylation sites is 1. The number of pyridine rings is 4. The standard InChI is InChI=1S/C57H36N4S/c1-57(2)44-17-9-6-14-38(44)39-26-22-36(30-45(39)57)53-43-31-42(56-52(41-16-8-11-19-50(41)62-56)51(43)40-15-7-10-18-49(40)61-53)48-29-25-37(32-58-48)47-28-24-35-21-20-34-23-27-46(33-12-4-3-5-13-33)59-54(34)55(35)60-47/h3-32H,1-2H3. The minimum Gasteiger partial charge on any atom is -0.256 e. The molecule has 0 saturated heterocycles. The molecule has 12 aromatic rings. The lowest BCUT2D eigenvalue weighted by Crippen LogP contribution is -2.14. The number of nitrogens with zero attached hydrogens (tertiary/aromatic N) is 4. The van der Waals surface area contributed by atoms with Gasteiger partial charge in [0.25, 0.3) is 0 Å². The maximum absolute atomic E-state index is 5.49. The largest absolute Gasteiger partial charge is 0.256 e. The van der Waals surface area contributed by atoms with Crippen molar-refractivity contribution >= 4 is 75.0 Å². The van der Waals surface area contributed by atoms with Crippen molar-refractivity contribution in [2.24, 2.45) is 0 Å². The Balaban J connectivity index is 1.00. The van der Waals surface area contributed by atoms with E-state index < -0.39 is 0 Å². The second-order valence-corrected chi connectivity index (χ2v) is 18.0. The van der Waals surface area contributed by atoms with E-state index in [1.54, 1.807) is 0 Å². The predicted octanol–water partition coefficient (Wildman–Crippen LogP) is 15.2. The second-order valence-electron chi connectivity index (χ2n) is 17.0. The van der Waals surface area contributed by atoms with Gasteiger partial charge in [-0.15, -0.1) is 11.3 Å². The quantitative estimate of drug-likeness (QED) is 0.166. The van der Waals surface area contributed by atoms with Crippen LogP contribution < -0.4 is 0 Å². The van der Waals surface area contributed by atoms with Crippen LogP contribution in [0.5, 0.6) is 0 Å². The van der Waals surface area contributed by atoms with Gasteiger partial charge in [0.15, 0.2) is 0 Å². The first kappa shape index (κ1) is 35.2. The Bertz CT molecular complexity index is 3830. The first-order valence-corrected chi connectivity index (χ1v) is 21.9. The topological polar surface area (TPSA) is 51.6 Å². The van der Waals surface area contributed by atoms with Crippen LogP contribution >= 0.6 is 11.3 Å². The summed E-state index contributed by atoms with van der Waals surface area (Å²) in [4.78, 5) is 21.1. The van der Waals surface area contributed by atoms with E-state index in [0.717, 1.165) is 83.1 Å². The van der Waals surface area contributed by atoms with Crippen molar-refractivity contribution in [1.29, 1.82) is 0 Å². The highest BCUT2D eigenvalue weighted by Gasteiger charge is 2.35. The molecule has 290 valence electrons. The Morgan fingerprint density at radius 1 is 0.435 bits per heavy atom. The molecule has 13 rings (SSSR count). The van der Waals surface area contributed by atoms with E-state index in [9.17, 15) is 0 Å². The van der Waals surface area contributed by atoms with Crippen molar-refractivity contribution in [1.82, 2.24) is 19.9 Å². The maximum atomic E-state index is 5.49. The molecule has 0 spiro atoms. The van der Waals surface area contributed by atoms with Crippen LogP contribution in [0.2, 0.25) is 0 Å². The predicted molar refractivity (Wildman–Crippen MR) is 260 cm³/mol. The van der Waals surface area contributed by atoms with E-state index >= 15 is 0 Å². The van der Waals surface area contributed by atoms with Gasteiger partial charge in [0.1, 0.15) is 0 Å². The van der Waals surface area contributed by atoms with Crippen LogP contribution in [-0.2, 0) is 5.41 Å². The average molecular weight is 809 g/mol. The summed E-state index contributed by atoms with van der Waals surface area (Å²) in [5.41, 5.74) is 15.9. The Kier molecular flexibility index (Phi) is 7.49. The molecule has 1 aliphatic rings. The highest BCUT2D eigenvalue weighted by molar-refractivity contribution is 7.26. The summed E-state index contributed by atoms with van der Waals surface area (Å²) in [7, 11) is 0. The van der Waals surface area contributed by atoms with Crippen LogP contribution in [-0.4, -0.2) is 19.9 Å². The highest BCUT2D eigenvalue weighted by atomic mass is 32.1. The zero-order valence-electron chi connectivity index (χ0n) is 34.0. The fourth-order valence-corrected chi connectivity index (χ4v) is 11.2. The molecule has 0 unspecified atom stereocenters. The van der Waals surface area contributed by atoms with Gasteiger partial charge in [-0.1, -0.05) is 141 Å². The third-order valence-corrected chi connectivity index (χ3v) is 14.3. The zero-order valence-corrected chi connectivity index (χ0v) is 34.8. The number of hydrogen-bond donors (Lipinski definition) is 0. The molecule has 0 aliphatic heterocycles. The first-order chi connectivity index (χ1) is 30.5. The maximum Gasteiger partial charge on any atom is 0.0972 e. The van der Waals surface area contributed by atoms with Crippen LogP contribution in [0.15, 0.2) is 182 Å². The van der Waals surface area contributed by atoms with E-state index in [2.05, 4.69) is 172 Å². The molecule has 4 nitrogen and oxygen atoms in total. The lowest BCUT2D eigenvalue weighted by atomic mass is 9.81. The average Bonchev–Trinajstić information content (AvgIpc) is 3.83. The molecule has 5 aromatic heterocycles. The van der Waals surface area contributed by atoms with E-state index in [4.69, 9.17) is 19.9 Å². The Morgan fingerprint density at radius 2 is 1.08 bits per heavy atom. The number of rotatable bonds is 4. The molecular weight excluding hydrogens is 773 g/mol. The molecule has 7 aromatic carbocycles. The summed E-state index contributed by atoms with van der Waals surface area (Å²) in [6, 6.07) is 62.9. The smallest absolute Gasteiger partial charge is 0.0972 e. The summed E-state index contributed by atoms with van der Waals surface area (Å²) in [6.07, 6.45) is 1.97. The van der Waals surface area contributed by atoms with Crippen LogP contribution in [0.1, 0.15) is 25.0 Å². The van der Waals surface area contributed by atoms with Crippen molar-refractivity contribution < 1.29 is 0 Å². The van der Waals surface area contributed by atoms with Crippen LogP contribution in [0, 0.1) is 0 Å². The molecule has 0 saturated carbocycles. The van der Waals surface area contributed by atoms with Gasteiger partial charge in [-0.3, -0.25) is 4.98 Å². The van der Waals surface area contributed by atoms with E-state index in [-0.39, 0.29) is 5.41 Å². The van der Waals surface area contributed by atoms with Gasteiger partial charge in [0.2, 0.25) is 0 Å². The van der Waals surface area contributed by atoms with Crippen molar-refractivity contribution in [3.05, 3.63) is 193 Å². The van der Waals surface area contributed by atoms with Crippen molar-refractivity contribution in [2.75, 3.05) is 0 Å². The number of fused-ring (bicyclic) bond motifs is 13. The van der Waals surface area contributed by atoms with Gasteiger partial charge in [-0.05, 0) is 70.8 Å². The zero-order chi connectivity index (χ0) is 41.1. The van der Waals surface area contributed by atoms with Gasteiger partial charge in [-0.25, -0.2) is 15.0 Å². The van der Waals surface area contributed by atoms with Gasteiger partial charge in [0, 0.05) is 81.0 Å². The summed E-state index contributed by atoms with van der Waals surface area (Å²) < 4.78 is 2.48. The Morgan fingerprint density at radius 3 is 1.87 bits per heavy atom. The van der Waals surface area contributed by atoms with Crippen LogP contribution in [0.4, 0.5) is 0 Å². The third-order valence-electron chi connectivity index (χ3n) is 13.1. The molecule has 5 heterocycles. The number of thiophene rings is 1. The first-order valence-electron chi connectivity index (χ1n) is 21.1. The normalized spacial score (nSPS) is 13.1. The van der Waals surface area contributed by atoms with Crippen molar-refractivity contribution in [3.8, 4) is 56.2 Å². The molecular formula is C57H36N4S. The molecule has 0 bridgehead atoms. The SMILES string of the molecule is CC1(C)c2ccccc2-c2ccc(-c3nc4ccccc4c4c3cc(-c3ccc(-c5ccc6ccc7ccc(-c8ccccc8)nc7c6n5)cn3)c3sc5ccccc5c34)cc21. The third kappa shape index (κ3) is 5.19. The Hall–Kier alpha value is -7.60. The lowest BCUT2D eigenvalue weighted by molar-refractivity contribution is 0.660.